The first-order valence-corrected chi connectivity index (χ1v) is 22.8. The van der Waals surface area contributed by atoms with E-state index >= 15 is 0 Å². The van der Waals surface area contributed by atoms with Crippen LogP contribution in [0, 0.1) is 5.92 Å². The topological polar surface area (TPSA) is 0 Å². The van der Waals surface area contributed by atoms with Gasteiger partial charge >= 0.3 is 176 Å². The molecule has 0 bridgehead atoms. The molecule has 0 aromatic rings. The SMILES string of the molecule is CCCCC1=[C]([Hf]([Cl])[Cl])C2=CC=CC(=[Si](C)C)C(C)C2=C1C1=CC=CC1. The number of fused-ring (bicyclic) bond motifs is 1. The summed E-state index contributed by atoms with van der Waals surface area (Å²) in [6.45, 7) is 9.45. The molecule has 0 nitrogen and oxygen atoms in total. The summed E-state index contributed by atoms with van der Waals surface area (Å²) < 4.78 is 1.36. The zero-order valence-corrected chi connectivity index (χ0v) is 22.2. The summed E-state index contributed by atoms with van der Waals surface area (Å²) in [4.78, 5) is 0. The van der Waals surface area contributed by atoms with Crippen molar-refractivity contribution >= 4 is 30.7 Å². The third-order valence-corrected chi connectivity index (χ3v) is 13.8. The van der Waals surface area contributed by atoms with Crippen LogP contribution in [-0.4, -0.2) is 13.6 Å². The van der Waals surface area contributed by atoms with Crippen LogP contribution in [0.2, 0.25) is 13.1 Å². The van der Waals surface area contributed by atoms with Crippen molar-refractivity contribution in [1.82, 2.24) is 0 Å². The number of unbranched alkanes of at least 4 members (excludes halogenated alkanes) is 1. The van der Waals surface area contributed by atoms with Crippen LogP contribution < -0.4 is 0 Å². The summed E-state index contributed by atoms with van der Waals surface area (Å²) in [5, 5.41) is 1.60. The van der Waals surface area contributed by atoms with E-state index in [0.717, 1.165) is 12.8 Å². The molecule has 0 aromatic carbocycles. The van der Waals surface area contributed by atoms with E-state index < -0.39 is 27.5 Å². The molecule has 0 fully saturated rings. The Morgan fingerprint density at radius 3 is 2.54 bits per heavy atom. The van der Waals surface area contributed by atoms with Gasteiger partial charge < -0.3 is 0 Å². The van der Waals surface area contributed by atoms with Crippen LogP contribution in [0.15, 0.2) is 67.7 Å². The number of halogens is 2. The predicted octanol–water partition coefficient (Wildman–Crippen LogP) is 7.19. The Morgan fingerprint density at radius 1 is 1.19 bits per heavy atom. The molecule has 3 rings (SSSR count). The number of hydrogen-bond acceptors (Lipinski definition) is 0. The molecule has 26 heavy (non-hydrogen) atoms. The Labute approximate surface area is 175 Å². The minimum absolute atomic E-state index is 0.452. The van der Waals surface area contributed by atoms with Gasteiger partial charge in [0.1, 0.15) is 0 Å². The van der Waals surface area contributed by atoms with Crippen molar-refractivity contribution in [2.75, 3.05) is 0 Å². The molecular formula is C22H27Cl2HfSi. The summed E-state index contributed by atoms with van der Waals surface area (Å²) >= 11 is -2.75. The number of hydrogen-bond donors (Lipinski definition) is 0. The second-order valence-electron chi connectivity index (χ2n) is 7.45. The van der Waals surface area contributed by atoms with Crippen molar-refractivity contribution < 1.29 is 19.1 Å². The molecule has 1 unspecified atom stereocenters. The van der Waals surface area contributed by atoms with E-state index in [1.165, 1.54) is 44.0 Å². The van der Waals surface area contributed by atoms with E-state index in [1.807, 2.05) is 0 Å². The van der Waals surface area contributed by atoms with Crippen LogP contribution in [0.1, 0.15) is 39.5 Å². The molecule has 0 aliphatic heterocycles. The van der Waals surface area contributed by atoms with E-state index in [9.17, 15) is 0 Å². The van der Waals surface area contributed by atoms with E-state index in [-0.39, 0.29) is 0 Å². The molecule has 3 aliphatic rings. The normalized spacial score (nSPS) is 21.9. The van der Waals surface area contributed by atoms with Crippen molar-refractivity contribution in [1.29, 1.82) is 0 Å². The van der Waals surface area contributed by atoms with E-state index in [2.05, 4.69) is 63.4 Å². The van der Waals surface area contributed by atoms with Gasteiger partial charge in [0.05, 0.1) is 0 Å². The molecule has 3 aliphatic carbocycles. The summed E-state index contributed by atoms with van der Waals surface area (Å²) in [5.41, 5.74) is 7.31. The fraction of sp³-hybridized carbons (Fsp3) is 0.409. The molecule has 0 heterocycles. The molecule has 0 aromatic heterocycles. The number of rotatable bonds is 5. The quantitative estimate of drug-likeness (QED) is 0.308. The van der Waals surface area contributed by atoms with Crippen LogP contribution in [0.3, 0.4) is 0 Å². The van der Waals surface area contributed by atoms with Crippen LogP contribution in [0.25, 0.3) is 0 Å². The first kappa shape index (κ1) is 20.7. The first-order valence-electron chi connectivity index (χ1n) is 9.55. The molecule has 1 atom stereocenters. The van der Waals surface area contributed by atoms with Crippen LogP contribution in [0.4, 0.5) is 0 Å². The molecular weight excluding hydrogens is 542 g/mol. The predicted molar refractivity (Wildman–Crippen MR) is 116 cm³/mol. The second-order valence-corrected chi connectivity index (χ2v) is 21.5. The Balaban J connectivity index is 2.25. The van der Waals surface area contributed by atoms with Gasteiger partial charge in [-0.3, -0.25) is 0 Å². The molecule has 0 radical (unpaired) electrons. The standard InChI is InChI=1S/C22H27Si.2ClH.Hf/c1-5-6-10-19-15-18-13-9-14-20(23(3)4)16(2)21(18)22(19)17-11-7-8-12-17;;;/h7-9,11,13-14,16H,5-6,10,12H2,1-4H3;2*1H;/q;;;+2/p-2. The summed E-state index contributed by atoms with van der Waals surface area (Å²) in [6.07, 6.45) is 18.2. The van der Waals surface area contributed by atoms with Crippen LogP contribution in [0.5, 0.6) is 0 Å². The average molecular weight is 569 g/mol. The molecule has 0 N–H and O–H groups in total. The monoisotopic (exact) mass is 569 g/mol. The van der Waals surface area contributed by atoms with E-state index in [4.69, 9.17) is 17.2 Å². The van der Waals surface area contributed by atoms with Crippen molar-refractivity contribution in [2.24, 2.45) is 5.92 Å². The fourth-order valence-corrected chi connectivity index (χ4v) is 12.5. The fourth-order valence-electron chi connectivity index (χ4n) is 4.31. The Morgan fingerprint density at radius 2 is 1.96 bits per heavy atom. The van der Waals surface area contributed by atoms with Crippen molar-refractivity contribution in [3.63, 3.8) is 0 Å². The Bertz CT molecular complexity index is 815. The van der Waals surface area contributed by atoms with Gasteiger partial charge in [0, 0.05) is 0 Å². The van der Waals surface area contributed by atoms with Gasteiger partial charge in [0.25, 0.3) is 0 Å². The summed E-state index contributed by atoms with van der Waals surface area (Å²) in [7, 11) is 13.0. The van der Waals surface area contributed by atoms with Gasteiger partial charge in [-0.25, -0.2) is 0 Å². The zero-order valence-electron chi connectivity index (χ0n) is 16.1. The molecule has 0 spiro atoms. The van der Waals surface area contributed by atoms with Crippen LogP contribution >= 0.6 is 17.2 Å². The van der Waals surface area contributed by atoms with Gasteiger partial charge in [-0.05, 0) is 0 Å². The van der Waals surface area contributed by atoms with Crippen molar-refractivity contribution in [3.05, 3.63) is 67.7 Å². The van der Waals surface area contributed by atoms with Gasteiger partial charge in [0.15, 0.2) is 0 Å². The van der Waals surface area contributed by atoms with Gasteiger partial charge in [-0.2, -0.15) is 0 Å². The van der Waals surface area contributed by atoms with Gasteiger partial charge in [-0.15, -0.1) is 0 Å². The van der Waals surface area contributed by atoms with Crippen LogP contribution in [-0.2, 0) is 19.1 Å². The summed E-state index contributed by atoms with van der Waals surface area (Å²) in [5.74, 6) is 0.452. The molecule has 4 heteroatoms. The average Bonchev–Trinajstić information content (AvgIpc) is 3.17. The first-order chi connectivity index (χ1) is 12.5. The van der Waals surface area contributed by atoms with Gasteiger partial charge in [-0.1, -0.05) is 0 Å². The Kier molecular flexibility index (Phi) is 7.15. The van der Waals surface area contributed by atoms with Gasteiger partial charge in [0.2, 0.25) is 0 Å². The van der Waals surface area contributed by atoms with E-state index in [1.54, 1.807) is 5.17 Å². The summed E-state index contributed by atoms with van der Waals surface area (Å²) in [6, 6.07) is 0. The Hall–Kier alpha value is -0.0230. The van der Waals surface area contributed by atoms with Crippen molar-refractivity contribution in [2.45, 2.75) is 52.6 Å². The molecule has 137 valence electrons. The third-order valence-electron chi connectivity index (χ3n) is 5.51. The molecule has 0 saturated carbocycles. The molecule has 0 saturated heterocycles. The maximum atomic E-state index is 6.74. The number of allylic oxidation sites excluding steroid dienone is 12. The minimum atomic E-state index is -2.75. The molecule has 0 amide bonds. The zero-order chi connectivity index (χ0) is 18.8. The maximum absolute atomic E-state index is 6.74. The third kappa shape index (κ3) is 3.90. The second kappa shape index (κ2) is 8.98. The van der Waals surface area contributed by atoms with E-state index in [0.29, 0.717) is 5.92 Å². The van der Waals surface area contributed by atoms with Crippen molar-refractivity contribution in [3.8, 4) is 0 Å².